The molecular weight excluding hydrogens is 408 g/mol. The average Bonchev–Trinajstić information content (AvgIpc) is 2.67. The Morgan fingerprint density at radius 2 is 0.967 bits per heavy atom. The number of hydrogen-bond donors (Lipinski definition) is 5. The molecule has 0 aromatic carbocycles. The van der Waals surface area contributed by atoms with E-state index < -0.39 is 0 Å². The van der Waals surface area contributed by atoms with Gasteiger partial charge in [-0.1, -0.05) is 0 Å². The Morgan fingerprint density at radius 1 is 0.633 bits per heavy atom. The van der Waals surface area contributed by atoms with Crippen LogP contribution in [0.1, 0.15) is 25.7 Å². The first-order chi connectivity index (χ1) is 13.9. The molecule has 0 unspecified atom stereocenters. The largest absolute Gasteiger partial charge is 0.393 e. The minimum Gasteiger partial charge on any atom is -0.393 e. The van der Waals surface area contributed by atoms with Gasteiger partial charge >= 0.3 is 0 Å². The number of rotatable bonds is 3. The van der Waals surface area contributed by atoms with Gasteiger partial charge in [0.1, 0.15) is 0 Å². The summed E-state index contributed by atoms with van der Waals surface area (Å²) in [6.07, 6.45) is 2.73. The highest BCUT2D eigenvalue weighted by atomic mass is 35.5. The fourth-order valence-electron chi connectivity index (χ4n) is 4.52. The highest BCUT2D eigenvalue weighted by Gasteiger charge is 2.30. The normalized spacial score (nSPS) is 30.9. The minimum atomic E-state index is -0.261. The van der Waals surface area contributed by atoms with Gasteiger partial charge in [-0.05, 0) is 25.7 Å². The smallest absolute Gasteiger partial charge is 0.232 e. The highest BCUT2D eigenvalue weighted by Crippen LogP contribution is 2.25. The molecule has 0 spiro atoms. The summed E-state index contributed by atoms with van der Waals surface area (Å²) in [5, 5.41) is 9.86. The van der Waals surface area contributed by atoms with Crippen LogP contribution in [-0.2, 0) is 0 Å². The van der Waals surface area contributed by atoms with Gasteiger partial charge in [-0.2, -0.15) is 15.0 Å². The van der Waals surface area contributed by atoms with E-state index in [1.54, 1.807) is 0 Å². The summed E-state index contributed by atoms with van der Waals surface area (Å²) >= 11 is 0. The quantitative estimate of drug-likeness (QED) is 0.349. The van der Waals surface area contributed by atoms with Crippen LogP contribution in [0.4, 0.5) is 17.8 Å². The van der Waals surface area contributed by atoms with Gasteiger partial charge in [0.25, 0.3) is 0 Å². The van der Waals surface area contributed by atoms with Crippen molar-refractivity contribution < 1.29 is 5.11 Å². The Kier molecular flexibility index (Phi) is 7.53. The molecule has 3 aliphatic rings. The molecule has 9 N–H and O–H groups in total. The van der Waals surface area contributed by atoms with E-state index in [9.17, 15) is 5.11 Å². The molecule has 4 atom stereocenters. The van der Waals surface area contributed by atoms with E-state index in [1.807, 2.05) is 0 Å². The lowest BCUT2D eigenvalue weighted by molar-refractivity contribution is 0.145. The molecule has 30 heavy (non-hydrogen) atoms. The Labute approximate surface area is 183 Å². The number of halogens is 1. The molecule has 0 bridgehead atoms. The first-order valence-electron chi connectivity index (χ1n) is 10.6. The van der Waals surface area contributed by atoms with Crippen LogP contribution >= 0.6 is 12.4 Å². The average molecular weight is 443 g/mol. The number of aliphatic hydroxyl groups is 1. The lowest BCUT2D eigenvalue weighted by atomic mass is 10.0. The number of nitrogens with zero attached hydrogens (tertiary/aromatic N) is 6. The van der Waals surface area contributed by atoms with Gasteiger partial charge in [0, 0.05) is 63.4 Å². The molecule has 12 heteroatoms. The van der Waals surface area contributed by atoms with E-state index >= 15 is 0 Å². The summed E-state index contributed by atoms with van der Waals surface area (Å²) in [6.45, 7) is 4.07. The van der Waals surface area contributed by atoms with Gasteiger partial charge in [0.05, 0.1) is 6.10 Å². The topological polar surface area (TPSA) is 173 Å². The van der Waals surface area contributed by atoms with Crippen LogP contribution in [0.15, 0.2) is 0 Å². The Bertz CT molecular complexity index is 639. The highest BCUT2D eigenvalue weighted by molar-refractivity contribution is 5.85. The minimum absolute atomic E-state index is 0. The molecule has 1 aromatic rings. The van der Waals surface area contributed by atoms with Crippen LogP contribution in [0.3, 0.4) is 0 Å². The van der Waals surface area contributed by atoms with Crippen LogP contribution in [-0.4, -0.2) is 89.6 Å². The molecule has 3 fully saturated rings. The third-order valence-corrected chi connectivity index (χ3v) is 5.94. The van der Waals surface area contributed by atoms with Crippen molar-refractivity contribution in [3.8, 4) is 0 Å². The molecule has 3 saturated heterocycles. The SMILES string of the molecule is Cl.N[C@@H]1C[C@H](N)CN(c2nc(N3CCC(O)CC3)nc(N3C[C@H](N)C[C@H](N)C3)n2)C1. The third-order valence-electron chi connectivity index (χ3n) is 5.94. The molecule has 170 valence electrons. The van der Waals surface area contributed by atoms with Gasteiger partial charge in [0.2, 0.25) is 17.8 Å². The number of anilines is 3. The van der Waals surface area contributed by atoms with Crippen molar-refractivity contribution in [2.75, 3.05) is 54.0 Å². The zero-order valence-corrected chi connectivity index (χ0v) is 18.1. The summed E-state index contributed by atoms with van der Waals surface area (Å²) in [4.78, 5) is 20.5. The van der Waals surface area contributed by atoms with E-state index in [0.29, 0.717) is 70.0 Å². The number of hydrogen-bond acceptors (Lipinski definition) is 11. The third kappa shape index (κ3) is 5.40. The number of aromatic nitrogens is 3. The van der Waals surface area contributed by atoms with E-state index in [1.165, 1.54) is 0 Å². The van der Waals surface area contributed by atoms with E-state index in [-0.39, 0.29) is 42.7 Å². The van der Waals surface area contributed by atoms with Gasteiger partial charge < -0.3 is 42.7 Å². The van der Waals surface area contributed by atoms with Crippen LogP contribution in [0, 0.1) is 0 Å². The molecule has 0 saturated carbocycles. The zero-order chi connectivity index (χ0) is 20.5. The predicted octanol–water partition coefficient (Wildman–Crippen LogP) is -2.02. The van der Waals surface area contributed by atoms with E-state index in [2.05, 4.69) is 14.7 Å². The molecule has 0 aliphatic carbocycles. The van der Waals surface area contributed by atoms with Gasteiger partial charge in [-0.3, -0.25) is 0 Å². The van der Waals surface area contributed by atoms with Crippen molar-refractivity contribution in [3.05, 3.63) is 0 Å². The van der Waals surface area contributed by atoms with E-state index in [0.717, 1.165) is 12.8 Å². The van der Waals surface area contributed by atoms with Crippen LogP contribution in [0.25, 0.3) is 0 Å². The lowest BCUT2D eigenvalue weighted by Crippen LogP contribution is -2.54. The summed E-state index contributed by atoms with van der Waals surface area (Å²) in [6, 6.07) is -0.0393. The molecule has 1 aromatic heterocycles. The lowest BCUT2D eigenvalue weighted by Gasteiger charge is -2.38. The molecule has 4 heterocycles. The fourth-order valence-corrected chi connectivity index (χ4v) is 4.52. The monoisotopic (exact) mass is 442 g/mol. The van der Waals surface area contributed by atoms with E-state index in [4.69, 9.17) is 37.9 Å². The van der Waals surface area contributed by atoms with Crippen LogP contribution in [0.5, 0.6) is 0 Å². The molecule has 0 amide bonds. The molecule has 4 rings (SSSR count). The zero-order valence-electron chi connectivity index (χ0n) is 17.3. The first-order valence-corrected chi connectivity index (χ1v) is 10.6. The second-order valence-corrected chi connectivity index (χ2v) is 8.78. The maximum atomic E-state index is 9.86. The maximum Gasteiger partial charge on any atom is 0.232 e. The first kappa shape index (κ1) is 23.2. The number of nitrogens with two attached hydrogens (primary N) is 4. The van der Waals surface area contributed by atoms with Crippen molar-refractivity contribution in [2.45, 2.75) is 56.0 Å². The van der Waals surface area contributed by atoms with Crippen molar-refractivity contribution in [2.24, 2.45) is 22.9 Å². The summed E-state index contributed by atoms with van der Waals surface area (Å²) < 4.78 is 0. The number of piperidine rings is 3. The van der Waals surface area contributed by atoms with Crippen molar-refractivity contribution in [1.82, 2.24) is 15.0 Å². The second-order valence-electron chi connectivity index (χ2n) is 8.78. The van der Waals surface area contributed by atoms with Crippen molar-refractivity contribution >= 4 is 30.3 Å². The molecule has 0 radical (unpaired) electrons. The van der Waals surface area contributed by atoms with Crippen LogP contribution in [0.2, 0.25) is 0 Å². The predicted molar refractivity (Wildman–Crippen MR) is 120 cm³/mol. The molecular formula is C18H35ClN10O. The second kappa shape index (κ2) is 9.75. The summed E-state index contributed by atoms with van der Waals surface area (Å²) in [5.74, 6) is 1.81. The van der Waals surface area contributed by atoms with Crippen LogP contribution < -0.4 is 37.6 Å². The molecule has 11 nitrogen and oxygen atoms in total. The van der Waals surface area contributed by atoms with Crippen molar-refractivity contribution in [1.29, 1.82) is 0 Å². The summed E-state index contributed by atoms with van der Waals surface area (Å²) in [7, 11) is 0. The number of aliphatic hydroxyl groups excluding tert-OH is 1. The Morgan fingerprint density at radius 3 is 1.33 bits per heavy atom. The fraction of sp³-hybridized carbons (Fsp3) is 0.833. The summed E-state index contributed by atoms with van der Waals surface area (Å²) in [5.41, 5.74) is 24.8. The Balaban J connectivity index is 0.00000256. The van der Waals surface area contributed by atoms with Gasteiger partial charge in [-0.25, -0.2) is 0 Å². The molecule has 3 aliphatic heterocycles. The maximum absolute atomic E-state index is 9.86. The van der Waals surface area contributed by atoms with Crippen molar-refractivity contribution in [3.63, 3.8) is 0 Å². The Hall–Kier alpha value is -1.50. The van der Waals surface area contributed by atoms with Gasteiger partial charge in [0.15, 0.2) is 0 Å². The standard InChI is InChI=1S/C18H34N10O.ClH/c19-11-5-12(20)8-27(7-11)17-23-16(26-3-1-15(29)2-4-26)24-18(25-17)28-9-13(21)6-14(22)10-28;/h11-15,29H,1-10,19-22H2;1H/t11-,12+,13-,14+;. The van der Waals surface area contributed by atoms with Gasteiger partial charge in [-0.15, -0.1) is 12.4 Å².